The first kappa shape index (κ1) is 8.70. The van der Waals surface area contributed by atoms with Crippen LogP contribution in [0.2, 0.25) is 5.15 Å². The maximum atomic E-state index is 10.8. The fraction of sp³-hybridized carbons (Fsp3) is 0.400. The molecule has 1 unspecified atom stereocenters. The Hall–Kier alpha value is -0.890. The number of carbonyl (C=O) groups excluding carboxylic acids is 1. The van der Waals surface area contributed by atoms with Gasteiger partial charge in [0.05, 0.1) is 11.6 Å². The molecule has 1 aromatic rings. The number of aldehydes is 1. The molecule has 0 aliphatic heterocycles. The molecule has 0 amide bonds. The molecular formula is C10H10ClNO. The first-order valence-electron chi connectivity index (χ1n) is 4.42. The largest absolute Gasteiger partial charge is 0.303 e. The average molecular weight is 196 g/mol. The van der Waals surface area contributed by atoms with Crippen molar-refractivity contribution < 1.29 is 4.79 Å². The summed E-state index contributed by atoms with van der Waals surface area (Å²) in [6, 6.07) is 3.76. The Morgan fingerprint density at radius 1 is 1.54 bits per heavy atom. The summed E-state index contributed by atoms with van der Waals surface area (Å²) in [6.07, 6.45) is 3.97. The van der Waals surface area contributed by atoms with Gasteiger partial charge < -0.3 is 4.79 Å². The van der Waals surface area contributed by atoms with Gasteiger partial charge in [-0.1, -0.05) is 17.7 Å². The molecule has 2 nitrogen and oxygen atoms in total. The van der Waals surface area contributed by atoms with Crippen LogP contribution in [-0.4, -0.2) is 11.3 Å². The third-order valence-corrected chi connectivity index (χ3v) is 2.67. The number of nitrogens with zero attached hydrogens (tertiary/aromatic N) is 1. The lowest BCUT2D eigenvalue weighted by molar-refractivity contribution is -0.109. The molecule has 0 aromatic carbocycles. The minimum absolute atomic E-state index is 0.0394. The minimum atomic E-state index is -0.0394. The van der Waals surface area contributed by atoms with Gasteiger partial charge in [0.1, 0.15) is 11.4 Å². The molecule has 0 radical (unpaired) electrons. The number of aromatic nitrogens is 1. The summed E-state index contributed by atoms with van der Waals surface area (Å²) in [7, 11) is 0. The lowest BCUT2D eigenvalue weighted by Gasteiger charge is -2.19. The normalized spacial score (nSPS) is 20.8. The zero-order valence-corrected chi connectivity index (χ0v) is 7.92. The van der Waals surface area contributed by atoms with E-state index >= 15 is 0 Å². The van der Waals surface area contributed by atoms with Gasteiger partial charge in [0.2, 0.25) is 0 Å². The van der Waals surface area contributed by atoms with E-state index < -0.39 is 0 Å². The van der Waals surface area contributed by atoms with Gasteiger partial charge in [-0.05, 0) is 30.9 Å². The van der Waals surface area contributed by atoms with E-state index in [-0.39, 0.29) is 5.92 Å². The lowest BCUT2D eigenvalue weighted by Crippen LogP contribution is -2.12. The van der Waals surface area contributed by atoms with E-state index in [2.05, 4.69) is 4.98 Å². The highest BCUT2D eigenvalue weighted by Crippen LogP contribution is 2.29. The molecule has 1 aromatic heterocycles. The summed E-state index contributed by atoms with van der Waals surface area (Å²) < 4.78 is 0. The Labute approximate surface area is 81.9 Å². The molecule has 1 heterocycles. The lowest BCUT2D eigenvalue weighted by atomic mass is 9.88. The van der Waals surface area contributed by atoms with Gasteiger partial charge in [-0.3, -0.25) is 0 Å². The number of halogens is 1. The second-order valence-electron chi connectivity index (χ2n) is 3.31. The third kappa shape index (κ3) is 1.59. The van der Waals surface area contributed by atoms with Crippen LogP contribution < -0.4 is 0 Å². The van der Waals surface area contributed by atoms with Crippen LogP contribution in [0.25, 0.3) is 0 Å². The summed E-state index contributed by atoms with van der Waals surface area (Å²) >= 11 is 5.77. The number of rotatable bonds is 1. The van der Waals surface area contributed by atoms with Gasteiger partial charge in [-0.25, -0.2) is 4.98 Å². The van der Waals surface area contributed by atoms with Crippen LogP contribution in [-0.2, 0) is 11.2 Å². The Bertz CT molecular complexity index is 338. The SMILES string of the molecule is O=CC1CCCc2ccc(Cl)nc21. The molecular weight excluding hydrogens is 186 g/mol. The molecule has 1 atom stereocenters. The van der Waals surface area contributed by atoms with E-state index in [4.69, 9.17) is 11.6 Å². The van der Waals surface area contributed by atoms with E-state index in [9.17, 15) is 4.79 Å². The highest BCUT2D eigenvalue weighted by molar-refractivity contribution is 6.29. The maximum absolute atomic E-state index is 10.8. The standard InChI is InChI=1S/C10H10ClNO/c11-9-5-4-7-2-1-3-8(6-13)10(7)12-9/h4-6,8H,1-3H2. The summed E-state index contributed by atoms with van der Waals surface area (Å²) in [5.41, 5.74) is 2.06. The third-order valence-electron chi connectivity index (χ3n) is 2.46. The molecule has 13 heavy (non-hydrogen) atoms. The van der Waals surface area contributed by atoms with Crippen molar-refractivity contribution in [3.63, 3.8) is 0 Å². The molecule has 0 saturated heterocycles. The van der Waals surface area contributed by atoms with E-state index in [1.165, 1.54) is 5.56 Å². The van der Waals surface area contributed by atoms with Gasteiger partial charge in [0.15, 0.2) is 0 Å². The van der Waals surface area contributed by atoms with Gasteiger partial charge in [-0.15, -0.1) is 0 Å². The molecule has 0 spiro atoms. The second kappa shape index (κ2) is 3.46. The fourth-order valence-corrected chi connectivity index (χ4v) is 1.95. The number of fused-ring (bicyclic) bond motifs is 1. The van der Waals surface area contributed by atoms with Crippen molar-refractivity contribution in [1.29, 1.82) is 0 Å². The zero-order chi connectivity index (χ0) is 9.26. The summed E-state index contributed by atoms with van der Waals surface area (Å²) in [5.74, 6) is -0.0394. The van der Waals surface area contributed by atoms with Crippen molar-refractivity contribution in [1.82, 2.24) is 4.98 Å². The van der Waals surface area contributed by atoms with E-state index in [1.54, 1.807) is 6.07 Å². The summed E-state index contributed by atoms with van der Waals surface area (Å²) in [5, 5.41) is 0.479. The van der Waals surface area contributed by atoms with Crippen molar-refractivity contribution in [3.05, 3.63) is 28.5 Å². The molecule has 0 N–H and O–H groups in total. The Morgan fingerprint density at radius 3 is 3.15 bits per heavy atom. The number of hydrogen-bond donors (Lipinski definition) is 0. The van der Waals surface area contributed by atoms with Crippen LogP contribution in [0.4, 0.5) is 0 Å². The van der Waals surface area contributed by atoms with Crippen molar-refractivity contribution in [2.45, 2.75) is 25.2 Å². The maximum Gasteiger partial charge on any atom is 0.129 e. The molecule has 0 bridgehead atoms. The number of aryl methyl sites for hydroxylation is 1. The highest BCUT2D eigenvalue weighted by Gasteiger charge is 2.20. The van der Waals surface area contributed by atoms with Crippen LogP contribution in [0, 0.1) is 0 Å². The number of carbonyl (C=O) groups is 1. The number of hydrogen-bond acceptors (Lipinski definition) is 2. The number of pyridine rings is 1. The second-order valence-corrected chi connectivity index (χ2v) is 3.70. The predicted octanol–water partition coefficient (Wildman–Crippen LogP) is 2.35. The topological polar surface area (TPSA) is 30.0 Å². The average Bonchev–Trinajstić information content (AvgIpc) is 2.17. The van der Waals surface area contributed by atoms with E-state index in [0.717, 1.165) is 31.2 Å². The van der Waals surface area contributed by atoms with Crippen molar-refractivity contribution in [2.75, 3.05) is 0 Å². The van der Waals surface area contributed by atoms with Gasteiger partial charge >= 0.3 is 0 Å². The molecule has 0 saturated carbocycles. The van der Waals surface area contributed by atoms with Gasteiger partial charge in [0.25, 0.3) is 0 Å². The van der Waals surface area contributed by atoms with Gasteiger partial charge in [-0.2, -0.15) is 0 Å². The zero-order valence-electron chi connectivity index (χ0n) is 7.16. The molecule has 3 heteroatoms. The van der Waals surface area contributed by atoms with Gasteiger partial charge in [0, 0.05) is 0 Å². The van der Waals surface area contributed by atoms with Crippen LogP contribution in [0.15, 0.2) is 12.1 Å². The quantitative estimate of drug-likeness (QED) is 0.509. The summed E-state index contributed by atoms with van der Waals surface area (Å²) in [4.78, 5) is 15.0. The minimum Gasteiger partial charge on any atom is -0.303 e. The van der Waals surface area contributed by atoms with Crippen molar-refractivity contribution in [3.8, 4) is 0 Å². The fourth-order valence-electron chi connectivity index (χ4n) is 1.79. The first-order chi connectivity index (χ1) is 6.31. The monoisotopic (exact) mass is 195 g/mol. The van der Waals surface area contributed by atoms with E-state index in [0.29, 0.717) is 5.15 Å². The molecule has 2 rings (SSSR count). The molecule has 68 valence electrons. The first-order valence-corrected chi connectivity index (χ1v) is 4.79. The Morgan fingerprint density at radius 2 is 2.38 bits per heavy atom. The summed E-state index contributed by atoms with van der Waals surface area (Å²) in [6.45, 7) is 0. The van der Waals surface area contributed by atoms with Crippen molar-refractivity contribution >= 4 is 17.9 Å². The Kier molecular flexibility index (Phi) is 2.32. The van der Waals surface area contributed by atoms with Crippen LogP contribution in [0.3, 0.4) is 0 Å². The van der Waals surface area contributed by atoms with E-state index in [1.807, 2.05) is 6.07 Å². The van der Waals surface area contributed by atoms with Crippen LogP contribution in [0.5, 0.6) is 0 Å². The van der Waals surface area contributed by atoms with Crippen molar-refractivity contribution in [2.24, 2.45) is 0 Å². The molecule has 1 aliphatic rings. The van der Waals surface area contributed by atoms with Crippen LogP contribution >= 0.6 is 11.6 Å². The smallest absolute Gasteiger partial charge is 0.129 e. The predicted molar refractivity (Wildman–Crippen MR) is 51.0 cm³/mol. The molecule has 0 fully saturated rings. The highest BCUT2D eigenvalue weighted by atomic mass is 35.5. The Balaban J connectivity index is 2.47. The van der Waals surface area contributed by atoms with Crippen LogP contribution in [0.1, 0.15) is 30.0 Å². The molecule has 1 aliphatic carbocycles.